The summed E-state index contributed by atoms with van der Waals surface area (Å²) in [5.41, 5.74) is 1.94. The van der Waals surface area contributed by atoms with E-state index >= 15 is 0 Å². The minimum atomic E-state index is -3.81. The Morgan fingerprint density at radius 2 is 1.65 bits per heavy atom. The molecule has 34 heavy (non-hydrogen) atoms. The van der Waals surface area contributed by atoms with Crippen LogP contribution in [0.1, 0.15) is 43.2 Å². The maximum Gasteiger partial charge on any atom is 0.243 e. The van der Waals surface area contributed by atoms with Crippen LogP contribution in [0.25, 0.3) is 0 Å². The molecule has 0 spiro atoms. The molecular formula is C25H32N2O5S2. The van der Waals surface area contributed by atoms with E-state index in [4.69, 9.17) is 0 Å². The molecule has 7 nitrogen and oxygen atoms in total. The van der Waals surface area contributed by atoms with Crippen LogP contribution in [0.4, 0.5) is 0 Å². The second-order valence-electron chi connectivity index (χ2n) is 9.57. The molecule has 2 aromatic rings. The Morgan fingerprint density at radius 1 is 0.971 bits per heavy atom. The number of carbonyl (C=O) groups is 1. The Balaban J connectivity index is 1.64. The average Bonchev–Trinajstić information content (AvgIpc) is 2.84. The predicted octanol–water partition coefficient (Wildman–Crippen LogP) is 2.86. The third-order valence-electron chi connectivity index (χ3n) is 6.86. The number of hydrogen-bond acceptors (Lipinski definition) is 5. The van der Waals surface area contributed by atoms with Crippen LogP contribution in [0.2, 0.25) is 0 Å². The van der Waals surface area contributed by atoms with E-state index in [9.17, 15) is 21.6 Å². The number of hydrogen-bond donors (Lipinski definition) is 0. The molecule has 184 valence electrons. The number of amides is 1. The number of carbonyl (C=O) groups excluding carboxylic acids is 1. The Bertz CT molecular complexity index is 1230. The van der Waals surface area contributed by atoms with Crippen LogP contribution in [0.15, 0.2) is 59.5 Å². The summed E-state index contributed by atoms with van der Waals surface area (Å²) in [5, 5.41) is 0. The molecule has 2 saturated heterocycles. The van der Waals surface area contributed by atoms with E-state index in [1.165, 1.54) is 4.31 Å². The molecule has 0 bridgehead atoms. The van der Waals surface area contributed by atoms with Gasteiger partial charge in [-0.25, -0.2) is 16.8 Å². The van der Waals surface area contributed by atoms with Crippen molar-refractivity contribution in [3.63, 3.8) is 0 Å². The van der Waals surface area contributed by atoms with Gasteiger partial charge < -0.3 is 4.90 Å². The molecule has 2 aromatic carbocycles. The van der Waals surface area contributed by atoms with Crippen molar-refractivity contribution in [3.8, 4) is 0 Å². The Morgan fingerprint density at radius 3 is 2.29 bits per heavy atom. The van der Waals surface area contributed by atoms with Gasteiger partial charge in [-0.15, -0.1) is 0 Å². The van der Waals surface area contributed by atoms with Gasteiger partial charge in [0.25, 0.3) is 0 Å². The summed E-state index contributed by atoms with van der Waals surface area (Å²) in [6, 6.07) is 16.7. The monoisotopic (exact) mass is 504 g/mol. The molecule has 0 saturated carbocycles. The Labute approximate surface area is 202 Å². The molecule has 0 N–H and O–H groups in total. The zero-order valence-corrected chi connectivity index (χ0v) is 21.3. The largest absolute Gasteiger partial charge is 0.340 e. The summed E-state index contributed by atoms with van der Waals surface area (Å²) in [5.74, 6) is -0.706. The smallest absolute Gasteiger partial charge is 0.243 e. The van der Waals surface area contributed by atoms with Crippen LogP contribution in [-0.4, -0.2) is 69.6 Å². The van der Waals surface area contributed by atoms with Crippen molar-refractivity contribution in [1.29, 1.82) is 0 Å². The number of sulfone groups is 1. The van der Waals surface area contributed by atoms with Gasteiger partial charge in [-0.05, 0) is 41.5 Å². The Kier molecular flexibility index (Phi) is 7.17. The minimum absolute atomic E-state index is 0.0441. The molecule has 0 radical (unpaired) electrons. The average molecular weight is 505 g/mol. The van der Waals surface area contributed by atoms with Crippen molar-refractivity contribution in [2.24, 2.45) is 5.92 Å². The van der Waals surface area contributed by atoms with Gasteiger partial charge in [-0.2, -0.15) is 4.31 Å². The van der Waals surface area contributed by atoms with Crippen molar-refractivity contribution in [1.82, 2.24) is 9.21 Å². The van der Waals surface area contributed by atoms with E-state index in [-0.39, 0.29) is 53.8 Å². The van der Waals surface area contributed by atoms with Crippen LogP contribution < -0.4 is 0 Å². The molecule has 4 rings (SSSR count). The van der Waals surface area contributed by atoms with Crippen molar-refractivity contribution >= 4 is 25.8 Å². The highest BCUT2D eigenvalue weighted by atomic mass is 32.2. The molecule has 2 aliphatic rings. The number of sulfonamides is 1. The van der Waals surface area contributed by atoms with Crippen LogP contribution in [0, 0.1) is 5.92 Å². The number of piperidine rings is 1. The molecule has 2 aliphatic heterocycles. The number of nitrogens with zero attached hydrogens (tertiary/aromatic N) is 2. The van der Waals surface area contributed by atoms with Gasteiger partial charge in [-0.1, -0.05) is 56.3 Å². The van der Waals surface area contributed by atoms with E-state index in [1.807, 2.05) is 50.2 Å². The fourth-order valence-electron chi connectivity index (χ4n) is 4.77. The van der Waals surface area contributed by atoms with Crippen LogP contribution in [0.5, 0.6) is 0 Å². The van der Waals surface area contributed by atoms with Crippen molar-refractivity contribution in [2.75, 3.05) is 37.7 Å². The zero-order valence-electron chi connectivity index (χ0n) is 19.6. The lowest BCUT2D eigenvalue weighted by Gasteiger charge is -2.39. The molecule has 2 fully saturated rings. The van der Waals surface area contributed by atoms with Crippen LogP contribution >= 0.6 is 0 Å². The highest BCUT2D eigenvalue weighted by Gasteiger charge is 2.40. The van der Waals surface area contributed by atoms with Gasteiger partial charge in [0.15, 0.2) is 9.84 Å². The van der Waals surface area contributed by atoms with Gasteiger partial charge in [0.2, 0.25) is 15.9 Å². The zero-order chi connectivity index (χ0) is 24.5. The van der Waals surface area contributed by atoms with E-state index in [0.717, 1.165) is 11.1 Å². The lowest BCUT2D eigenvalue weighted by molar-refractivity contribution is -0.136. The van der Waals surface area contributed by atoms with E-state index < -0.39 is 25.8 Å². The Hall–Kier alpha value is -2.23. The maximum atomic E-state index is 13.7. The highest BCUT2D eigenvalue weighted by molar-refractivity contribution is 7.91. The maximum absolute atomic E-state index is 13.7. The third kappa shape index (κ3) is 5.37. The summed E-state index contributed by atoms with van der Waals surface area (Å²) in [6.45, 7) is 4.76. The molecular weight excluding hydrogens is 472 g/mol. The van der Waals surface area contributed by atoms with Crippen LogP contribution in [0.3, 0.4) is 0 Å². The lowest BCUT2D eigenvalue weighted by Crippen LogP contribution is -2.52. The molecule has 2 heterocycles. The molecule has 1 amide bonds. The first-order chi connectivity index (χ1) is 16.1. The van der Waals surface area contributed by atoms with Crippen molar-refractivity contribution in [2.45, 2.75) is 37.0 Å². The molecule has 2 atom stereocenters. The topological polar surface area (TPSA) is 91.8 Å². The fraction of sp³-hybridized carbons (Fsp3) is 0.480. The predicted molar refractivity (Wildman–Crippen MR) is 132 cm³/mol. The SMILES string of the molecule is CC(C)c1cccc(S(=O)(=O)N2CC(C(=O)N3CCS(=O)(=O)CC3)CC(c3ccccc3)C2)c1. The normalized spacial score (nSPS) is 23.7. The first kappa shape index (κ1) is 24.9. The lowest BCUT2D eigenvalue weighted by atomic mass is 9.85. The van der Waals surface area contributed by atoms with Crippen molar-refractivity contribution in [3.05, 3.63) is 65.7 Å². The second kappa shape index (κ2) is 9.79. The highest BCUT2D eigenvalue weighted by Crippen LogP contribution is 2.35. The summed E-state index contributed by atoms with van der Waals surface area (Å²) in [4.78, 5) is 15.2. The molecule has 0 aliphatic carbocycles. The summed E-state index contributed by atoms with van der Waals surface area (Å²) in [6.07, 6.45) is 0.532. The second-order valence-corrected chi connectivity index (χ2v) is 13.8. The van der Waals surface area contributed by atoms with E-state index in [0.29, 0.717) is 13.0 Å². The number of benzene rings is 2. The summed E-state index contributed by atoms with van der Waals surface area (Å²) in [7, 11) is -6.92. The van der Waals surface area contributed by atoms with Gasteiger partial charge in [0.1, 0.15) is 0 Å². The van der Waals surface area contributed by atoms with Gasteiger partial charge in [0.05, 0.1) is 22.3 Å². The summed E-state index contributed by atoms with van der Waals surface area (Å²) < 4.78 is 52.5. The summed E-state index contributed by atoms with van der Waals surface area (Å²) >= 11 is 0. The minimum Gasteiger partial charge on any atom is -0.340 e. The molecule has 2 unspecified atom stereocenters. The van der Waals surface area contributed by atoms with Gasteiger partial charge in [-0.3, -0.25) is 4.79 Å². The number of rotatable bonds is 5. The fourth-order valence-corrected chi connectivity index (χ4v) is 7.56. The third-order valence-corrected chi connectivity index (χ3v) is 10.3. The van der Waals surface area contributed by atoms with Gasteiger partial charge >= 0.3 is 0 Å². The quantitative estimate of drug-likeness (QED) is 0.624. The standard InChI is InChI=1S/C25H32N2O5S2/c1-19(2)21-9-6-10-24(16-21)34(31,32)27-17-22(20-7-4-3-5-8-20)15-23(18-27)25(28)26-11-13-33(29,30)14-12-26/h3-10,16,19,22-23H,11-15,17-18H2,1-2H3. The van der Waals surface area contributed by atoms with E-state index in [1.54, 1.807) is 23.1 Å². The molecule has 0 aromatic heterocycles. The van der Waals surface area contributed by atoms with E-state index in [2.05, 4.69) is 0 Å². The van der Waals surface area contributed by atoms with Gasteiger partial charge in [0, 0.05) is 26.2 Å². The molecule has 9 heteroatoms. The van der Waals surface area contributed by atoms with Crippen LogP contribution in [-0.2, 0) is 24.7 Å². The van der Waals surface area contributed by atoms with Crippen molar-refractivity contribution < 1.29 is 21.6 Å². The first-order valence-corrected chi connectivity index (χ1v) is 15.0. The first-order valence-electron chi connectivity index (χ1n) is 11.7.